The largest absolute Gasteiger partial charge is 0.322 e. The van der Waals surface area contributed by atoms with Gasteiger partial charge in [0, 0.05) is 0 Å². The Hall–Kier alpha value is 0.581. The first kappa shape index (κ1) is 22.6. The van der Waals surface area contributed by atoms with Crippen LogP contribution >= 0.6 is 0 Å². The van der Waals surface area contributed by atoms with Crippen LogP contribution in [0, 0.1) is 0 Å². The maximum absolute atomic E-state index is 16.7. The SMILES string of the molecule is CC(C)(C)[Si](C)([Si](F)[Si](C)(C(C)(C)C)C(C)(C)C)C(C)(C)C. The fraction of sp³-hybridized carbons (Fsp3) is 1.00. The van der Waals surface area contributed by atoms with E-state index in [4.69, 9.17) is 0 Å². The molecule has 0 rings (SSSR count). The molecule has 0 nitrogen and oxygen atoms in total. The Morgan fingerprint density at radius 1 is 0.500 bits per heavy atom. The van der Waals surface area contributed by atoms with Crippen LogP contribution in [0.3, 0.4) is 0 Å². The van der Waals surface area contributed by atoms with E-state index in [0.29, 0.717) is 0 Å². The van der Waals surface area contributed by atoms with Gasteiger partial charge in [0.1, 0.15) is 0 Å². The van der Waals surface area contributed by atoms with Crippen molar-refractivity contribution < 1.29 is 4.11 Å². The second kappa shape index (κ2) is 5.83. The van der Waals surface area contributed by atoms with Crippen LogP contribution in [-0.2, 0) is 0 Å². The van der Waals surface area contributed by atoms with E-state index in [2.05, 4.69) is 96.2 Å². The number of hydrogen-bond acceptors (Lipinski definition) is 0. The van der Waals surface area contributed by atoms with E-state index in [1.54, 1.807) is 0 Å². The summed E-state index contributed by atoms with van der Waals surface area (Å²) in [5, 5.41) is 0.385. The molecule has 0 amide bonds. The maximum Gasteiger partial charge on any atom is 0.242 e. The highest BCUT2D eigenvalue weighted by Crippen LogP contribution is 2.60. The summed E-state index contributed by atoms with van der Waals surface area (Å²) in [5.74, 6) is 0. The fourth-order valence-corrected chi connectivity index (χ4v) is 45.6. The second-order valence-corrected chi connectivity index (χ2v) is 32.8. The molecule has 1 radical (unpaired) electrons. The first-order valence-electron chi connectivity index (χ1n) is 8.69. The van der Waals surface area contributed by atoms with Crippen LogP contribution in [0.2, 0.25) is 33.2 Å². The fourth-order valence-electron chi connectivity index (χ4n) is 4.07. The van der Waals surface area contributed by atoms with Crippen molar-refractivity contribution in [2.24, 2.45) is 0 Å². The molecule has 4 heteroatoms. The van der Waals surface area contributed by atoms with E-state index in [-0.39, 0.29) is 20.2 Å². The normalized spacial score (nSPS) is 16.4. The van der Waals surface area contributed by atoms with E-state index in [0.717, 1.165) is 0 Å². The third-order valence-corrected chi connectivity index (χ3v) is 43.9. The molecule has 0 atom stereocenters. The second-order valence-electron chi connectivity index (χ2n) is 11.6. The summed E-state index contributed by atoms with van der Waals surface area (Å²) in [6.07, 6.45) is 0. The molecule has 0 heterocycles. The topological polar surface area (TPSA) is 0 Å². The van der Waals surface area contributed by atoms with Gasteiger partial charge in [0.05, 0.1) is 15.2 Å². The molecule has 0 unspecified atom stereocenters. The summed E-state index contributed by atoms with van der Waals surface area (Å²) < 4.78 is 16.7. The van der Waals surface area contributed by atoms with Gasteiger partial charge in [-0.2, -0.15) is 0 Å². The third-order valence-electron chi connectivity index (χ3n) is 6.88. The van der Waals surface area contributed by atoms with Gasteiger partial charge in [-0.05, 0) is 20.2 Å². The highest BCUT2D eigenvalue weighted by Gasteiger charge is 2.67. The Kier molecular flexibility index (Phi) is 5.99. The summed E-state index contributed by atoms with van der Waals surface area (Å²) in [6.45, 7) is 32.4. The molecule has 22 heavy (non-hydrogen) atoms. The average molecular weight is 362 g/mol. The van der Waals surface area contributed by atoms with E-state index in [1.807, 2.05) is 0 Å². The lowest BCUT2D eigenvalue weighted by atomic mass is 10.2. The predicted octanol–water partition coefficient (Wildman–Crippen LogP) is 7.46. The van der Waals surface area contributed by atoms with Crippen molar-refractivity contribution in [3.8, 4) is 0 Å². The molecule has 133 valence electrons. The monoisotopic (exact) mass is 361 g/mol. The molecule has 0 N–H and O–H groups in total. The Bertz CT molecular complexity index is 323. The van der Waals surface area contributed by atoms with E-state index in [1.165, 1.54) is 0 Å². The molecule has 0 saturated carbocycles. The average Bonchev–Trinajstić information content (AvgIpc) is 2.19. The molecule has 0 aliphatic rings. The zero-order valence-electron chi connectivity index (χ0n) is 17.9. The Morgan fingerprint density at radius 3 is 0.727 bits per heavy atom. The lowest BCUT2D eigenvalue weighted by Gasteiger charge is -2.60. The summed E-state index contributed by atoms with van der Waals surface area (Å²) in [6, 6.07) is 0. The molecular weight excluding hydrogens is 319 g/mol. The number of halogens is 1. The lowest BCUT2D eigenvalue weighted by Crippen LogP contribution is -2.74. The summed E-state index contributed by atoms with van der Waals surface area (Å²) in [4.78, 5) is 0. The minimum absolute atomic E-state index is 0.0963. The first-order chi connectivity index (χ1) is 9.15. The van der Waals surface area contributed by atoms with Crippen LogP contribution in [0.4, 0.5) is 4.11 Å². The van der Waals surface area contributed by atoms with Crippen molar-refractivity contribution in [1.82, 2.24) is 0 Å². The highest BCUT2D eigenvalue weighted by molar-refractivity contribution is 7.61. The van der Waals surface area contributed by atoms with Crippen molar-refractivity contribution in [2.75, 3.05) is 0 Å². The third kappa shape index (κ3) is 3.34. The lowest BCUT2D eigenvalue weighted by molar-refractivity contribution is 0.613. The Balaban J connectivity index is 6.54. The van der Waals surface area contributed by atoms with Crippen molar-refractivity contribution in [3.05, 3.63) is 0 Å². The first-order valence-corrected chi connectivity index (χ1v) is 17.1. The van der Waals surface area contributed by atoms with Crippen LogP contribution in [0.15, 0.2) is 0 Å². The van der Waals surface area contributed by atoms with Crippen molar-refractivity contribution in [3.63, 3.8) is 0 Å². The quantitative estimate of drug-likeness (QED) is 0.353. The van der Waals surface area contributed by atoms with Gasteiger partial charge in [-0.15, -0.1) is 0 Å². The molecule has 0 spiro atoms. The summed E-state index contributed by atoms with van der Waals surface area (Å²) >= 11 is 0. The van der Waals surface area contributed by atoms with Crippen LogP contribution in [0.5, 0.6) is 0 Å². The van der Waals surface area contributed by atoms with E-state index in [9.17, 15) is 0 Å². The molecular formula is C18H42FSi3. The standard InChI is InChI=1S/C18H42FSi3/c1-15(2,3)21(13,16(4,5)6)20(19)22(14,17(7,8)9)18(10,11)12/h1-14H3. The van der Waals surface area contributed by atoms with Gasteiger partial charge in [-0.1, -0.05) is 96.2 Å². The van der Waals surface area contributed by atoms with Gasteiger partial charge in [0.2, 0.25) is 8.17 Å². The van der Waals surface area contributed by atoms with Crippen molar-refractivity contribution >= 4 is 23.3 Å². The minimum atomic E-state index is -2.11. The van der Waals surface area contributed by atoms with E-state index >= 15 is 4.11 Å². The van der Waals surface area contributed by atoms with Gasteiger partial charge < -0.3 is 4.11 Å². The molecule has 0 fully saturated rings. The Labute approximate surface area is 144 Å². The maximum atomic E-state index is 16.7. The molecule has 0 saturated heterocycles. The van der Waals surface area contributed by atoms with Crippen molar-refractivity contribution in [1.29, 1.82) is 0 Å². The molecule has 0 aliphatic carbocycles. The van der Waals surface area contributed by atoms with Gasteiger partial charge in [-0.25, -0.2) is 0 Å². The minimum Gasteiger partial charge on any atom is -0.322 e. The van der Waals surface area contributed by atoms with Crippen LogP contribution < -0.4 is 0 Å². The molecule has 0 aromatic carbocycles. The predicted molar refractivity (Wildman–Crippen MR) is 109 cm³/mol. The Morgan fingerprint density at radius 2 is 0.636 bits per heavy atom. The van der Waals surface area contributed by atoms with Crippen LogP contribution in [0.25, 0.3) is 0 Å². The van der Waals surface area contributed by atoms with Crippen LogP contribution in [-0.4, -0.2) is 23.3 Å². The molecule has 0 aromatic rings. The molecule has 0 bridgehead atoms. The highest BCUT2D eigenvalue weighted by atomic mass is 29.6. The summed E-state index contributed by atoms with van der Waals surface area (Å²) in [7, 11) is -6.14. The van der Waals surface area contributed by atoms with Gasteiger partial charge in [0.15, 0.2) is 0 Å². The zero-order valence-corrected chi connectivity index (χ0v) is 20.9. The van der Waals surface area contributed by atoms with Gasteiger partial charge in [-0.3, -0.25) is 0 Å². The van der Waals surface area contributed by atoms with E-state index < -0.39 is 23.3 Å². The smallest absolute Gasteiger partial charge is 0.242 e. The van der Waals surface area contributed by atoms with Crippen LogP contribution in [0.1, 0.15) is 83.1 Å². The molecule has 0 aromatic heterocycles. The van der Waals surface area contributed by atoms with Gasteiger partial charge in [0.25, 0.3) is 0 Å². The van der Waals surface area contributed by atoms with Gasteiger partial charge >= 0.3 is 0 Å². The number of rotatable bonds is 2. The number of hydrogen-bond donors (Lipinski definition) is 0. The zero-order chi connectivity index (χ0) is 18.6. The van der Waals surface area contributed by atoms with Crippen molar-refractivity contribution in [2.45, 2.75) is 116 Å². The summed E-state index contributed by atoms with van der Waals surface area (Å²) in [5.41, 5.74) is 0. The molecule has 0 aliphatic heterocycles.